The van der Waals surface area contributed by atoms with Gasteiger partial charge in [-0.3, -0.25) is 0 Å². The SMILES string of the molecule is O=P(/C(I)=C(/C(=C/c1ccccc1)c1ccccc1)c1ccccc1)(c1ccccc1)c1ccccc1. The number of hydrogen-bond acceptors (Lipinski definition) is 1. The molecule has 3 heteroatoms. The van der Waals surface area contributed by atoms with Gasteiger partial charge in [0.25, 0.3) is 0 Å². The molecule has 0 aromatic heterocycles. The molecule has 0 N–H and O–H groups in total. The van der Waals surface area contributed by atoms with Gasteiger partial charge in [0, 0.05) is 16.2 Å². The molecule has 0 saturated heterocycles. The first-order valence-electron chi connectivity index (χ1n) is 12.2. The highest BCUT2D eigenvalue weighted by atomic mass is 127. The molecule has 37 heavy (non-hydrogen) atoms. The lowest BCUT2D eigenvalue weighted by molar-refractivity contribution is 0.592. The normalized spacial score (nSPS) is 12.6. The van der Waals surface area contributed by atoms with E-state index in [2.05, 4.69) is 77.2 Å². The zero-order valence-corrected chi connectivity index (χ0v) is 23.3. The monoisotopic (exact) mass is 608 g/mol. The molecule has 5 rings (SSSR count). The van der Waals surface area contributed by atoms with Crippen LogP contribution in [0.4, 0.5) is 0 Å². The van der Waals surface area contributed by atoms with Crippen LogP contribution in [0.25, 0.3) is 17.2 Å². The fourth-order valence-corrected chi connectivity index (χ4v) is 9.21. The van der Waals surface area contributed by atoms with Gasteiger partial charge in [-0.25, -0.2) is 0 Å². The zero-order valence-electron chi connectivity index (χ0n) is 20.2. The van der Waals surface area contributed by atoms with Crippen molar-refractivity contribution in [3.63, 3.8) is 0 Å². The molecule has 0 bridgehead atoms. The Morgan fingerprint density at radius 1 is 0.514 bits per heavy atom. The Morgan fingerprint density at radius 2 is 0.892 bits per heavy atom. The van der Waals surface area contributed by atoms with Gasteiger partial charge in [-0.2, -0.15) is 0 Å². The average Bonchev–Trinajstić information content (AvgIpc) is 2.99. The third-order valence-electron chi connectivity index (χ3n) is 6.25. The molecule has 0 aliphatic carbocycles. The molecule has 180 valence electrons. The molecule has 0 spiro atoms. The summed E-state index contributed by atoms with van der Waals surface area (Å²) in [5, 5.41) is 1.65. The summed E-state index contributed by atoms with van der Waals surface area (Å²) < 4.78 is 16.3. The van der Waals surface area contributed by atoms with Crippen molar-refractivity contribution in [3.8, 4) is 0 Å². The molecule has 0 atom stereocenters. The van der Waals surface area contributed by atoms with E-state index in [1.54, 1.807) is 0 Å². The van der Waals surface area contributed by atoms with Crippen molar-refractivity contribution in [2.45, 2.75) is 0 Å². The van der Waals surface area contributed by atoms with Crippen LogP contribution in [-0.2, 0) is 4.57 Å². The fourth-order valence-electron chi connectivity index (χ4n) is 4.43. The third-order valence-corrected chi connectivity index (χ3v) is 11.7. The van der Waals surface area contributed by atoms with Gasteiger partial charge < -0.3 is 4.57 Å². The minimum Gasteiger partial charge on any atom is -0.308 e. The van der Waals surface area contributed by atoms with E-state index < -0.39 is 7.14 Å². The Kier molecular flexibility index (Phi) is 7.99. The molecule has 0 fully saturated rings. The Morgan fingerprint density at radius 3 is 1.35 bits per heavy atom. The standard InChI is InChI=1S/C34H26IOP/c35-34(37(36,30-22-12-4-13-23-30)31-24-14-5-15-25-31)33(29-20-10-3-11-21-29)32(28-18-8-2-9-19-28)26-27-16-6-1-7-17-27/h1-26H/b32-26+,34-33+. The van der Waals surface area contributed by atoms with Gasteiger partial charge in [-0.15, -0.1) is 0 Å². The molecule has 0 heterocycles. The van der Waals surface area contributed by atoms with Crippen LogP contribution in [0.2, 0.25) is 0 Å². The summed E-state index contributed by atoms with van der Waals surface area (Å²) in [6.07, 6.45) is 2.21. The maximum Gasteiger partial charge on any atom is 0.177 e. The Hall–Kier alpha value is -3.46. The summed E-state index contributed by atoms with van der Waals surface area (Å²) in [5.74, 6) is 0. The lowest BCUT2D eigenvalue weighted by Gasteiger charge is -2.24. The molecule has 0 aliphatic heterocycles. The van der Waals surface area contributed by atoms with Crippen molar-refractivity contribution >= 4 is 57.6 Å². The number of allylic oxidation sites excluding steroid dienone is 2. The van der Waals surface area contributed by atoms with Crippen LogP contribution in [-0.4, -0.2) is 0 Å². The van der Waals surface area contributed by atoms with Gasteiger partial charge in [0.1, 0.15) is 0 Å². The van der Waals surface area contributed by atoms with E-state index in [-0.39, 0.29) is 0 Å². The number of hydrogen-bond donors (Lipinski definition) is 0. The summed E-state index contributed by atoms with van der Waals surface area (Å²) in [6, 6.07) is 50.8. The summed E-state index contributed by atoms with van der Waals surface area (Å²) in [6.45, 7) is 0. The summed E-state index contributed by atoms with van der Waals surface area (Å²) in [4.78, 5) is 0. The number of benzene rings is 5. The van der Waals surface area contributed by atoms with Crippen LogP contribution in [0.3, 0.4) is 0 Å². The fraction of sp³-hybridized carbons (Fsp3) is 0. The van der Waals surface area contributed by atoms with Crippen LogP contribution in [0.15, 0.2) is 155 Å². The first-order valence-corrected chi connectivity index (χ1v) is 15.0. The van der Waals surface area contributed by atoms with E-state index in [4.69, 9.17) is 0 Å². The van der Waals surface area contributed by atoms with Crippen molar-refractivity contribution in [1.82, 2.24) is 0 Å². The zero-order chi connectivity index (χ0) is 25.5. The highest BCUT2D eigenvalue weighted by Crippen LogP contribution is 2.59. The van der Waals surface area contributed by atoms with Crippen LogP contribution < -0.4 is 10.6 Å². The van der Waals surface area contributed by atoms with Crippen molar-refractivity contribution in [2.75, 3.05) is 0 Å². The maximum atomic E-state index is 15.4. The summed E-state index contributed by atoms with van der Waals surface area (Å²) in [7, 11) is -3.19. The highest BCUT2D eigenvalue weighted by molar-refractivity contribution is 14.1. The molecule has 0 saturated carbocycles. The second kappa shape index (κ2) is 11.7. The number of rotatable bonds is 7. The van der Waals surface area contributed by atoms with Crippen LogP contribution in [0.1, 0.15) is 16.7 Å². The Balaban J connectivity index is 1.89. The predicted octanol–water partition coefficient (Wildman–Crippen LogP) is 9.05. The average molecular weight is 608 g/mol. The lowest BCUT2D eigenvalue weighted by atomic mass is 9.92. The van der Waals surface area contributed by atoms with Gasteiger partial charge in [0.05, 0.1) is 3.32 Å². The Bertz CT molecular complexity index is 1520. The minimum absolute atomic E-state index is 0.825. The predicted molar refractivity (Wildman–Crippen MR) is 168 cm³/mol. The molecule has 0 amide bonds. The molecule has 0 aliphatic rings. The van der Waals surface area contributed by atoms with Crippen LogP contribution in [0.5, 0.6) is 0 Å². The van der Waals surface area contributed by atoms with Crippen molar-refractivity contribution in [1.29, 1.82) is 0 Å². The maximum absolute atomic E-state index is 15.4. The minimum atomic E-state index is -3.19. The highest BCUT2D eigenvalue weighted by Gasteiger charge is 2.34. The van der Waals surface area contributed by atoms with Gasteiger partial charge in [0.15, 0.2) is 7.14 Å². The van der Waals surface area contributed by atoms with E-state index in [1.165, 1.54) is 0 Å². The molecule has 0 unspecified atom stereocenters. The van der Waals surface area contributed by atoms with Crippen LogP contribution in [0, 0.1) is 0 Å². The molecule has 5 aromatic carbocycles. The van der Waals surface area contributed by atoms with Crippen molar-refractivity contribution in [3.05, 3.63) is 172 Å². The second-order valence-electron chi connectivity index (χ2n) is 8.65. The number of halogens is 1. The topological polar surface area (TPSA) is 17.1 Å². The van der Waals surface area contributed by atoms with Crippen molar-refractivity contribution in [2.24, 2.45) is 0 Å². The van der Waals surface area contributed by atoms with Gasteiger partial charge in [-0.1, -0.05) is 152 Å². The van der Waals surface area contributed by atoms with Crippen molar-refractivity contribution < 1.29 is 4.57 Å². The summed E-state index contributed by atoms with van der Waals surface area (Å²) >= 11 is 2.35. The third kappa shape index (κ3) is 5.46. The van der Waals surface area contributed by atoms with E-state index in [9.17, 15) is 0 Å². The lowest BCUT2D eigenvalue weighted by Crippen LogP contribution is -2.16. The first kappa shape index (κ1) is 25.2. The quantitative estimate of drug-likeness (QED) is 0.0780. The molecule has 5 aromatic rings. The van der Waals surface area contributed by atoms with Gasteiger partial charge >= 0.3 is 0 Å². The molecule has 0 radical (unpaired) electrons. The molecular formula is C34H26IOP. The first-order chi connectivity index (χ1) is 18.2. The van der Waals surface area contributed by atoms with Crippen LogP contribution >= 0.6 is 29.7 Å². The molecular weight excluding hydrogens is 582 g/mol. The van der Waals surface area contributed by atoms with Gasteiger partial charge in [0.2, 0.25) is 0 Å². The summed E-state index contributed by atoms with van der Waals surface area (Å²) in [5.41, 5.74) is 5.21. The van der Waals surface area contributed by atoms with E-state index in [0.29, 0.717) is 0 Å². The van der Waals surface area contributed by atoms with Gasteiger partial charge in [-0.05, 0) is 50.9 Å². The van der Waals surface area contributed by atoms with E-state index in [0.717, 1.165) is 41.8 Å². The smallest absolute Gasteiger partial charge is 0.177 e. The van der Waals surface area contributed by atoms with E-state index >= 15 is 4.57 Å². The van der Waals surface area contributed by atoms with E-state index in [1.807, 2.05) is 103 Å². The Labute approximate surface area is 232 Å². The second-order valence-corrected chi connectivity index (χ2v) is 13.3. The largest absolute Gasteiger partial charge is 0.308 e. The molecule has 1 nitrogen and oxygen atoms in total.